The number of aryl methyl sites for hydroxylation is 3. The lowest BCUT2D eigenvalue weighted by Gasteiger charge is -2.29. The molecule has 0 saturated carbocycles. The Hall–Kier alpha value is -1.86. The summed E-state index contributed by atoms with van der Waals surface area (Å²) < 4.78 is 1.15. The number of benzene rings is 3. The van der Waals surface area contributed by atoms with Crippen molar-refractivity contribution in [3.05, 3.63) is 105 Å². The van der Waals surface area contributed by atoms with Crippen LogP contribution in [0.15, 0.2) is 77.3 Å². The molecule has 0 unspecified atom stereocenters. The Kier molecular flexibility index (Phi) is 6.61. The summed E-state index contributed by atoms with van der Waals surface area (Å²) >= 11 is 3.36. The highest BCUT2D eigenvalue weighted by Gasteiger charge is 2.25. The second-order valence-electron chi connectivity index (χ2n) is 7.05. The van der Waals surface area contributed by atoms with Gasteiger partial charge in [-0.3, -0.25) is 0 Å². The van der Waals surface area contributed by atoms with Crippen LogP contribution < -0.4 is 0 Å². The summed E-state index contributed by atoms with van der Waals surface area (Å²) in [5.74, 6) is 0. The third kappa shape index (κ3) is 5.06. The molecular weight excluding hydrogens is 368 g/mol. The van der Waals surface area contributed by atoms with E-state index in [-0.39, 0.29) is 5.41 Å². The molecule has 25 heavy (non-hydrogen) atoms. The van der Waals surface area contributed by atoms with Crippen LogP contribution in [-0.4, -0.2) is 0 Å². The first-order chi connectivity index (χ1) is 11.8. The third-order valence-corrected chi connectivity index (χ3v) is 5.11. The highest BCUT2D eigenvalue weighted by atomic mass is 79.9. The molecule has 0 bridgehead atoms. The molecule has 3 aromatic rings. The molecule has 0 aliphatic heterocycles. The Morgan fingerprint density at radius 1 is 0.640 bits per heavy atom. The first-order valence-corrected chi connectivity index (χ1v) is 9.46. The zero-order chi connectivity index (χ0) is 18.4. The van der Waals surface area contributed by atoms with Gasteiger partial charge >= 0.3 is 0 Å². The maximum absolute atomic E-state index is 3.36. The largest absolute Gasteiger partial charge is 0.0620 e. The van der Waals surface area contributed by atoms with Crippen LogP contribution in [0.2, 0.25) is 0 Å². The molecule has 0 spiro atoms. The summed E-state index contributed by atoms with van der Waals surface area (Å²) in [7, 11) is 0. The predicted molar refractivity (Wildman–Crippen MR) is 113 cm³/mol. The smallest absolute Gasteiger partial charge is 0.0177 e. The van der Waals surface area contributed by atoms with E-state index in [9.17, 15) is 0 Å². The van der Waals surface area contributed by atoms with Gasteiger partial charge in [0.2, 0.25) is 0 Å². The van der Waals surface area contributed by atoms with E-state index in [1.807, 2.05) is 12.1 Å². The Morgan fingerprint density at radius 3 is 1.48 bits per heavy atom. The Labute approximate surface area is 161 Å². The van der Waals surface area contributed by atoms with Crippen LogP contribution >= 0.6 is 15.9 Å². The van der Waals surface area contributed by atoms with E-state index in [2.05, 4.69) is 111 Å². The molecule has 0 nitrogen and oxygen atoms in total. The van der Waals surface area contributed by atoms with Gasteiger partial charge in [0.05, 0.1) is 0 Å². The van der Waals surface area contributed by atoms with Crippen LogP contribution in [0.3, 0.4) is 0 Å². The molecule has 0 aromatic heterocycles. The van der Waals surface area contributed by atoms with E-state index < -0.39 is 0 Å². The molecule has 3 aromatic carbocycles. The summed E-state index contributed by atoms with van der Waals surface area (Å²) in [5.41, 5.74) is 6.90. The van der Waals surface area contributed by atoms with Crippen LogP contribution in [0.25, 0.3) is 0 Å². The number of halogens is 1. The lowest BCUT2D eigenvalue weighted by atomic mass is 9.75. The summed E-state index contributed by atoms with van der Waals surface area (Å²) in [5, 5.41) is 0. The van der Waals surface area contributed by atoms with Crippen LogP contribution in [0.5, 0.6) is 0 Å². The molecule has 0 amide bonds. The second kappa shape index (κ2) is 8.49. The minimum absolute atomic E-state index is 0.0662. The quantitative estimate of drug-likeness (QED) is 0.424. The predicted octanol–water partition coefficient (Wildman–Crippen LogP) is 7.39. The van der Waals surface area contributed by atoms with Crippen LogP contribution in [0.1, 0.15) is 41.7 Å². The zero-order valence-electron chi connectivity index (χ0n) is 15.8. The van der Waals surface area contributed by atoms with E-state index >= 15 is 0 Å². The minimum Gasteiger partial charge on any atom is -0.0620 e. The summed E-state index contributed by atoms with van der Waals surface area (Å²) in [6.45, 7) is 11.1. The van der Waals surface area contributed by atoms with Gasteiger partial charge in [-0.2, -0.15) is 0 Å². The lowest BCUT2D eigenvalue weighted by molar-refractivity contribution is 0.631. The first-order valence-electron chi connectivity index (χ1n) is 8.67. The molecule has 1 heteroatoms. The third-order valence-electron chi connectivity index (χ3n) is 4.62. The molecular formula is C24H27Br. The van der Waals surface area contributed by atoms with Crippen molar-refractivity contribution in [1.82, 2.24) is 0 Å². The van der Waals surface area contributed by atoms with Gasteiger partial charge in [0.15, 0.2) is 0 Å². The van der Waals surface area contributed by atoms with Crippen molar-refractivity contribution >= 4 is 15.9 Å². The molecule has 0 atom stereocenters. The van der Waals surface area contributed by atoms with Crippen molar-refractivity contribution < 1.29 is 0 Å². The van der Waals surface area contributed by atoms with Crippen molar-refractivity contribution in [1.29, 1.82) is 0 Å². The molecule has 0 saturated heterocycles. The minimum atomic E-state index is 0.0662. The van der Waals surface area contributed by atoms with Crippen molar-refractivity contribution in [2.75, 3.05) is 0 Å². The van der Waals surface area contributed by atoms with Gasteiger partial charge in [-0.15, -0.1) is 0 Å². The van der Waals surface area contributed by atoms with Crippen molar-refractivity contribution in [2.45, 2.75) is 40.0 Å². The fraction of sp³-hybridized carbons (Fsp3) is 0.250. The second-order valence-corrected chi connectivity index (χ2v) is 7.97. The van der Waals surface area contributed by atoms with Gasteiger partial charge in [0.1, 0.15) is 0 Å². The highest BCUT2D eigenvalue weighted by molar-refractivity contribution is 9.10. The van der Waals surface area contributed by atoms with Crippen LogP contribution in [0.4, 0.5) is 0 Å². The number of hydrogen-bond donors (Lipinski definition) is 0. The topological polar surface area (TPSA) is 0 Å². The molecule has 3 rings (SSSR count). The number of rotatable bonds is 2. The Morgan fingerprint density at radius 2 is 1.12 bits per heavy atom. The summed E-state index contributed by atoms with van der Waals surface area (Å²) in [6.07, 6.45) is 0. The highest BCUT2D eigenvalue weighted by Crippen LogP contribution is 2.34. The monoisotopic (exact) mass is 394 g/mol. The molecule has 0 radical (unpaired) electrons. The van der Waals surface area contributed by atoms with Gasteiger partial charge < -0.3 is 0 Å². The zero-order valence-corrected chi connectivity index (χ0v) is 17.4. The van der Waals surface area contributed by atoms with Gasteiger partial charge in [0, 0.05) is 9.89 Å². The molecule has 0 N–H and O–H groups in total. The van der Waals surface area contributed by atoms with Crippen LogP contribution in [0, 0.1) is 20.8 Å². The number of hydrogen-bond acceptors (Lipinski definition) is 0. The van der Waals surface area contributed by atoms with E-state index in [0.717, 1.165) is 4.47 Å². The SMILES string of the molecule is Cc1cccc(Br)c1.Cc1ccccc1C(C)(C)c1ccccc1C. The molecule has 0 heterocycles. The molecule has 130 valence electrons. The van der Waals surface area contributed by atoms with Crippen molar-refractivity contribution in [2.24, 2.45) is 0 Å². The van der Waals surface area contributed by atoms with Crippen molar-refractivity contribution in [3.8, 4) is 0 Å². The van der Waals surface area contributed by atoms with Gasteiger partial charge in [-0.1, -0.05) is 96.0 Å². The van der Waals surface area contributed by atoms with Gasteiger partial charge in [-0.05, 0) is 55.2 Å². The average molecular weight is 395 g/mol. The van der Waals surface area contributed by atoms with Crippen LogP contribution in [-0.2, 0) is 5.41 Å². The fourth-order valence-corrected chi connectivity index (χ4v) is 3.81. The van der Waals surface area contributed by atoms with E-state index in [0.29, 0.717) is 0 Å². The molecule has 0 aliphatic carbocycles. The maximum Gasteiger partial charge on any atom is 0.0177 e. The van der Waals surface area contributed by atoms with E-state index in [1.54, 1.807) is 0 Å². The maximum atomic E-state index is 3.36. The van der Waals surface area contributed by atoms with Gasteiger partial charge in [-0.25, -0.2) is 0 Å². The first kappa shape index (κ1) is 19.5. The van der Waals surface area contributed by atoms with Gasteiger partial charge in [0.25, 0.3) is 0 Å². The standard InChI is InChI=1S/C17H20.C7H7Br/c1-13-9-5-7-11-15(13)17(3,4)16-12-8-6-10-14(16)2;1-6-3-2-4-7(8)5-6/h5-12H,1-4H3;2-5H,1H3. The Balaban J connectivity index is 0.000000236. The molecule has 0 fully saturated rings. The summed E-state index contributed by atoms with van der Waals surface area (Å²) in [6, 6.07) is 25.5. The lowest BCUT2D eigenvalue weighted by Crippen LogP contribution is -2.21. The van der Waals surface area contributed by atoms with Crippen molar-refractivity contribution in [3.63, 3.8) is 0 Å². The summed E-state index contributed by atoms with van der Waals surface area (Å²) in [4.78, 5) is 0. The van der Waals surface area contributed by atoms with E-state index in [4.69, 9.17) is 0 Å². The molecule has 0 aliphatic rings. The average Bonchev–Trinajstić information content (AvgIpc) is 2.55. The Bertz CT molecular complexity index is 766. The normalized spacial score (nSPS) is 10.8. The van der Waals surface area contributed by atoms with E-state index in [1.165, 1.54) is 27.8 Å². The fourth-order valence-electron chi connectivity index (χ4n) is 3.30.